The number of anilines is 2. The van der Waals surface area contributed by atoms with Crippen LogP contribution < -0.4 is 16.4 Å². The van der Waals surface area contributed by atoms with Crippen LogP contribution in [0, 0.1) is 29.6 Å². The number of aliphatic hydroxyl groups excluding tert-OH is 3. The maximum Gasteiger partial charge on any atom is 0.405 e. The Hall–Kier alpha value is -4.81. The summed E-state index contributed by atoms with van der Waals surface area (Å²) in [7, 11) is 6.36. The van der Waals surface area contributed by atoms with Crippen LogP contribution in [0.5, 0.6) is 11.5 Å². The lowest BCUT2D eigenvalue weighted by Gasteiger charge is -2.30. The quantitative estimate of drug-likeness (QED) is 0.134. The molecule has 16 heteroatoms. The number of nitrogens with one attached hydrogen (secondary N) is 2. The number of carbonyl (C=O) groups is 3. The molecule has 0 fully saturated rings. The smallest absolute Gasteiger partial charge is 0.405 e. The van der Waals surface area contributed by atoms with E-state index in [-0.39, 0.29) is 71.5 Å². The molecule has 1 unspecified atom stereocenters. The summed E-state index contributed by atoms with van der Waals surface area (Å²) in [6, 6.07) is 10.0. The summed E-state index contributed by atoms with van der Waals surface area (Å²) in [5, 5.41) is 58.5. The molecular weight excluding hydrogens is 899 g/mol. The average molecular weight is 982 g/mol. The molecule has 0 saturated carbocycles. The second kappa shape index (κ2) is 29.5. The molecule has 3 amide bonds. The number of aliphatic hydroxyl groups is 3. The second-order valence-corrected chi connectivity index (χ2v) is 19.6. The number of phenolic OH excluding ortho intramolecular Hbond substituents is 2. The largest absolute Gasteiger partial charge is 0.508 e. The molecule has 0 aliphatic carbocycles. The number of primary amides is 1. The molecule has 16 nitrogen and oxygen atoms in total. The van der Waals surface area contributed by atoms with Crippen molar-refractivity contribution in [2.75, 3.05) is 39.1 Å². The first kappa shape index (κ1) is 59.5. The van der Waals surface area contributed by atoms with E-state index in [2.05, 4.69) is 30.6 Å². The summed E-state index contributed by atoms with van der Waals surface area (Å²) in [5.74, 6) is -0.554. The first-order valence-electron chi connectivity index (χ1n) is 24.5. The Morgan fingerprint density at radius 1 is 0.629 bits per heavy atom. The molecule has 0 radical (unpaired) electrons. The van der Waals surface area contributed by atoms with Gasteiger partial charge < -0.3 is 65.6 Å². The van der Waals surface area contributed by atoms with E-state index in [0.29, 0.717) is 68.3 Å². The molecule has 4 bridgehead atoms. The normalized spacial score (nSPS) is 32.6. The topological polar surface area (TPSA) is 249 Å². The Morgan fingerprint density at radius 2 is 1.11 bits per heavy atom. The van der Waals surface area contributed by atoms with Crippen LogP contribution in [0.3, 0.4) is 0 Å². The number of fused-ring (bicyclic) bond motifs is 4. The number of allylic oxidation sites excluding steroid dienone is 1. The van der Waals surface area contributed by atoms with Crippen molar-refractivity contribution in [1.29, 1.82) is 0 Å². The molecule has 0 saturated heterocycles. The number of amides is 3. The number of ether oxygens (including phenoxy) is 5. The van der Waals surface area contributed by atoms with E-state index < -0.39 is 42.7 Å². The van der Waals surface area contributed by atoms with Crippen molar-refractivity contribution in [2.45, 2.75) is 155 Å². The number of hydrogen-bond donors (Lipinski definition) is 8. The van der Waals surface area contributed by atoms with Gasteiger partial charge in [-0.2, -0.15) is 0 Å². The van der Waals surface area contributed by atoms with Gasteiger partial charge in [-0.25, -0.2) is 4.79 Å². The molecule has 13 atom stereocenters. The number of benzene rings is 2. The van der Waals surface area contributed by atoms with Crippen LogP contribution in [0.2, 0.25) is 0 Å². The second-order valence-electron chi connectivity index (χ2n) is 19.6. The fourth-order valence-corrected chi connectivity index (χ4v) is 9.56. The van der Waals surface area contributed by atoms with Gasteiger partial charge in [-0.15, -0.1) is 0 Å². The van der Waals surface area contributed by atoms with E-state index in [1.54, 1.807) is 46.5 Å². The van der Waals surface area contributed by atoms with Gasteiger partial charge in [-0.1, -0.05) is 58.4 Å². The van der Waals surface area contributed by atoms with Crippen LogP contribution in [-0.2, 0) is 46.1 Å². The zero-order valence-electron chi connectivity index (χ0n) is 43.2. The van der Waals surface area contributed by atoms with Gasteiger partial charge in [0.05, 0.1) is 49.1 Å². The summed E-state index contributed by atoms with van der Waals surface area (Å²) in [5.41, 5.74) is 9.87. The molecule has 2 aromatic carbocycles. The first-order chi connectivity index (χ1) is 33.1. The fraction of sp³-hybridized carbons (Fsp3) is 0.611. The minimum absolute atomic E-state index is 0.0280. The maximum absolute atomic E-state index is 12.5. The lowest BCUT2D eigenvalue weighted by atomic mass is 9.86. The number of hydrogen-bond acceptors (Lipinski definition) is 13. The van der Waals surface area contributed by atoms with E-state index >= 15 is 0 Å². The number of carbonyl (C=O) groups excluding carboxylic acids is 3. The van der Waals surface area contributed by atoms with Gasteiger partial charge in [-0.3, -0.25) is 9.59 Å². The zero-order valence-corrected chi connectivity index (χ0v) is 43.2. The minimum Gasteiger partial charge on any atom is -0.508 e. The molecule has 2 aliphatic rings. The summed E-state index contributed by atoms with van der Waals surface area (Å²) in [4.78, 5) is 36.5. The van der Waals surface area contributed by atoms with Crippen molar-refractivity contribution in [1.82, 2.24) is 0 Å². The van der Waals surface area contributed by atoms with Crippen LogP contribution in [0.4, 0.5) is 16.2 Å². The Balaban J connectivity index is 0.000000371. The van der Waals surface area contributed by atoms with Crippen molar-refractivity contribution in [3.63, 3.8) is 0 Å². The molecule has 70 heavy (non-hydrogen) atoms. The Morgan fingerprint density at radius 3 is 1.60 bits per heavy atom. The number of aromatic hydroxyl groups is 2. The SMILES string of the molecule is CO[C@H]1C[C@H](C)Cc2cc(O)cc(c2)NC(=O)/C=C/CC[C@H](OC)[C@@H](OC(N)=O)/C(C)=C/[C@H](C)[C@H]1O.CO[C@H]1C[C@H](C)Cc2cc(O)cc(c2)NC(=O)CC(O)CC[C@H](OC)[C@@H](C)/C(C)=C/[C@H](C)[C@H]1O. The van der Waals surface area contributed by atoms with Crippen molar-refractivity contribution in [3.8, 4) is 11.5 Å². The molecule has 4 rings (SSSR count). The minimum atomic E-state index is -0.926. The number of nitrogens with two attached hydrogens (primary N) is 1. The Bertz CT molecular complexity index is 2060. The first-order valence-corrected chi connectivity index (χ1v) is 24.5. The lowest BCUT2D eigenvalue weighted by Crippen LogP contribution is -2.37. The Kier molecular flexibility index (Phi) is 25.1. The highest BCUT2D eigenvalue weighted by Gasteiger charge is 2.31. The molecule has 0 spiro atoms. The van der Waals surface area contributed by atoms with Gasteiger partial charge in [-0.05, 0) is 124 Å². The summed E-state index contributed by atoms with van der Waals surface area (Å²) in [6.45, 7) is 13.9. The third-order valence-corrected chi connectivity index (χ3v) is 13.4. The molecule has 392 valence electrons. The van der Waals surface area contributed by atoms with E-state index in [0.717, 1.165) is 16.7 Å². The van der Waals surface area contributed by atoms with E-state index in [9.17, 15) is 39.9 Å². The van der Waals surface area contributed by atoms with E-state index in [1.807, 2.05) is 45.9 Å². The van der Waals surface area contributed by atoms with Crippen molar-refractivity contribution in [2.24, 2.45) is 35.3 Å². The van der Waals surface area contributed by atoms with Crippen molar-refractivity contribution >= 4 is 29.3 Å². The predicted octanol–water partition coefficient (Wildman–Crippen LogP) is 7.74. The molecule has 9 N–H and O–H groups in total. The number of phenols is 2. The predicted molar refractivity (Wildman–Crippen MR) is 271 cm³/mol. The number of methoxy groups -OCH3 is 4. The summed E-state index contributed by atoms with van der Waals surface area (Å²) < 4.78 is 28.0. The van der Waals surface area contributed by atoms with Crippen LogP contribution >= 0.6 is 0 Å². The van der Waals surface area contributed by atoms with Gasteiger partial charge in [0.2, 0.25) is 11.8 Å². The van der Waals surface area contributed by atoms with Crippen LogP contribution in [-0.4, -0.2) is 121 Å². The third kappa shape index (κ3) is 19.8. The molecule has 2 heterocycles. The van der Waals surface area contributed by atoms with Gasteiger partial charge in [0.15, 0.2) is 6.10 Å². The monoisotopic (exact) mass is 982 g/mol. The Labute approximate surface area is 415 Å². The van der Waals surface area contributed by atoms with Crippen molar-refractivity contribution in [3.05, 3.63) is 83.0 Å². The van der Waals surface area contributed by atoms with Gasteiger partial charge in [0, 0.05) is 69.7 Å². The van der Waals surface area contributed by atoms with Crippen molar-refractivity contribution < 1.29 is 63.6 Å². The fourth-order valence-electron chi connectivity index (χ4n) is 9.56. The van der Waals surface area contributed by atoms with E-state index in [4.69, 9.17) is 29.4 Å². The highest BCUT2D eigenvalue weighted by atomic mass is 16.6. The zero-order chi connectivity index (χ0) is 52.2. The lowest BCUT2D eigenvalue weighted by molar-refractivity contribution is -0.118. The number of rotatable bonds is 5. The highest BCUT2D eigenvalue weighted by Crippen LogP contribution is 2.30. The molecule has 0 aromatic heterocycles. The molecule has 2 aliphatic heterocycles. The van der Waals surface area contributed by atoms with Crippen LogP contribution in [0.25, 0.3) is 0 Å². The third-order valence-electron chi connectivity index (χ3n) is 13.4. The van der Waals surface area contributed by atoms with Gasteiger partial charge in [0.1, 0.15) is 11.5 Å². The van der Waals surface area contributed by atoms with Crippen LogP contribution in [0.1, 0.15) is 105 Å². The van der Waals surface area contributed by atoms with Gasteiger partial charge in [0.25, 0.3) is 0 Å². The van der Waals surface area contributed by atoms with Crippen LogP contribution in [0.15, 0.2) is 71.8 Å². The van der Waals surface area contributed by atoms with Gasteiger partial charge >= 0.3 is 6.09 Å². The summed E-state index contributed by atoms with van der Waals surface area (Å²) >= 11 is 0. The van der Waals surface area contributed by atoms with E-state index in [1.165, 1.54) is 25.3 Å². The average Bonchev–Trinajstić information content (AvgIpc) is 3.27. The highest BCUT2D eigenvalue weighted by molar-refractivity contribution is 5.99. The molecule has 2 aromatic rings. The summed E-state index contributed by atoms with van der Waals surface area (Å²) in [6.07, 6.45) is 6.09. The maximum atomic E-state index is 12.5. The standard InChI is InChI=1S/C27H40N2O7.C27H43NO6/c1-16-10-19-13-20(15-21(30)14-19)29-24(31)9-7-6-8-22(34-4)26(36-27(28)33)18(3)12-17(2)25(32)23(11-16)35-5;1-16-9-20-12-21(14-23(30)13-20)28-26(31)15-22(29)7-8-24(33-5)19(4)17(2)11-18(3)27(32)25(10-16)34-6/h7,9,12-17,22-23,25-26,30,32H,6,8,10-11H2,1-5H3,(H2,28,33)(H,29,31);11-14,16,18-19,22,24-25,27,29-30,32H,7-10,15H2,1-6H3,(H,28,31)/b9-7+,18-12+;17-11+/t16-,17+,22+,23+,25-,26+;16-,18+,19+,22?,24+,25+,27-/m11/s1. The molecular formula is C54H83N3O13.